The van der Waals surface area contributed by atoms with Crippen LogP contribution in [0.5, 0.6) is 0 Å². The van der Waals surface area contributed by atoms with Gasteiger partial charge in [0.25, 0.3) is 0 Å². The Hall–Kier alpha value is -1.92. The molecular weight excluding hydrogens is 548 g/mol. The van der Waals surface area contributed by atoms with Crippen molar-refractivity contribution < 1.29 is 19.4 Å². The third kappa shape index (κ3) is 6.77. The molecule has 11 atom stereocenters. The van der Waals surface area contributed by atoms with E-state index in [-0.39, 0.29) is 17.4 Å². The van der Waals surface area contributed by atoms with Crippen molar-refractivity contribution in [1.29, 1.82) is 0 Å². The number of aliphatic hydroxyl groups excluding tert-OH is 1. The number of carbonyl (C=O) groups is 2. The van der Waals surface area contributed by atoms with Crippen molar-refractivity contribution in [2.75, 3.05) is 13.7 Å². The van der Waals surface area contributed by atoms with Crippen LogP contribution in [-0.2, 0) is 20.7 Å². The van der Waals surface area contributed by atoms with Gasteiger partial charge in [0.15, 0.2) is 0 Å². The first-order valence-electron chi connectivity index (χ1n) is 17.9. The topological polar surface area (TPSA) is 87.7 Å². The lowest BCUT2D eigenvalue weighted by molar-refractivity contribution is -0.167. The maximum atomic E-state index is 13.1. The number of unbranched alkanes of at least 4 members (excludes halogenated alkanes) is 1. The number of hydrogen-bond donors (Lipinski definition) is 3. The van der Waals surface area contributed by atoms with Crippen molar-refractivity contribution in [3.05, 3.63) is 35.9 Å². The van der Waals surface area contributed by atoms with E-state index < -0.39 is 12.0 Å². The summed E-state index contributed by atoms with van der Waals surface area (Å²) in [6.07, 6.45) is 13.6. The fraction of sp³-hybridized carbons (Fsp3) is 0.789. The number of methoxy groups -OCH3 is 1. The van der Waals surface area contributed by atoms with Gasteiger partial charge in [-0.3, -0.25) is 4.79 Å². The number of fused-ring (bicyclic) bond motifs is 5. The van der Waals surface area contributed by atoms with Crippen molar-refractivity contribution >= 4 is 11.9 Å². The summed E-state index contributed by atoms with van der Waals surface area (Å²) in [6.45, 7) is 10.8. The molecular formula is C38H60N2O4. The number of hydrogen-bond acceptors (Lipinski definition) is 5. The molecule has 0 aliphatic heterocycles. The van der Waals surface area contributed by atoms with Crippen molar-refractivity contribution in [2.24, 2.45) is 46.3 Å². The van der Waals surface area contributed by atoms with Crippen LogP contribution in [0.3, 0.4) is 0 Å². The van der Waals surface area contributed by atoms with Crippen molar-refractivity contribution in [3.8, 4) is 0 Å². The molecule has 6 heteroatoms. The van der Waals surface area contributed by atoms with Crippen molar-refractivity contribution in [3.63, 3.8) is 0 Å². The number of esters is 1. The zero-order valence-corrected chi connectivity index (χ0v) is 28.2. The highest BCUT2D eigenvalue weighted by Gasteiger charge is 2.62. The van der Waals surface area contributed by atoms with Crippen molar-refractivity contribution in [2.45, 2.75) is 129 Å². The lowest BCUT2D eigenvalue weighted by atomic mass is 9.43. The molecule has 0 spiro atoms. The Morgan fingerprint density at radius 3 is 2.48 bits per heavy atom. The third-order valence-corrected chi connectivity index (χ3v) is 13.3. The molecule has 246 valence electrons. The average molecular weight is 609 g/mol. The summed E-state index contributed by atoms with van der Waals surface area (Å²) in [5, 5.41) is 18.6. The SMILES string of the molecule is CCCCN[C@H]1CC[C@]2(C)C3CC[C@@]4(C)C(CCC4[C@H](C)CCC(=O)N[C@@H](Cc4ccccc4)C(=O)OC)C3C(O)C[C@@H]2C1. The van der Waals surface area contributed by atoms with Gasteiger partial charge in [0, 0.05) is 18.9 Å². The summed E-state index contributed by atoms with van der Waals surface area (Å²) in [6, 6.07) is 9.72. The van der Waals surface area contributed by atoms with Gasteiger partial charge < -0.3 is 20.5 Å². The molecule has 0 radical (unpaired) electrons. The van der Waals surface area contributed by atoms with E-state index in [4.69, 9.17) is 4.74 Å². The Balaban J connectivity index is 1.18. The normalized spacial score (nSPS) is 37.6. The number of aliphatic hydroxyl groups is 1. The minimum atomic E-state index is -0.672. The first-order valence-corrected chi connectivity index (χ1v) is 17.9. The molecule has 3 N–H and O–H groups in total. The first kappa shape index (κ1) is 33.4. The summed E-state index contributed by atoms with van der Waals surface area (Å²) < 4.78 is 5.00. The molecule has 0 aromatic heterocycles. The molecule has 4 aliphatic rings. The van der Waals surface area contributed by atoms with Gasteiger partial charge in [-0.1, -0.05) is 64.4 Å². The van der Waals surface area contributed by atoms with E-state index in [0.29, 0.717) is 59.8 Å². The predicted molar refractivity (Wildman–Crippen MR) is 176 cm³/mol. The van der Waals surface area contributed by atoms with Gasteiger partial charge in [-0.15, -0.1) is 0 Å². The summed E-state index contributed by atoms with van der Waals surface area (Å²) in [5.74, 6) is 2.76. The Labute approximate surface area is 266 Å². The molecule has 5 rings (SSSR count). The average Bonchev–Trinajstić information content (AvgIpc) is 3.37. The van der Waals surface area contributed by atoms with E-state index in [2.05, 4.69) is 38.3 Å². The zero-order chi connectivity index (χ0) is 31.5. The maximum Gasteiger partial charge on any atom is 0.328 e. The Bertz CT molecular complexity index is 1110. The lowest BCUT2D eigenvalue weighted by Gasteiger charge is -2.62. The van der Waals surface area contributed by atoms with Crippen LogP contribution in [0.2, 0.25) is 0 Å². The van der Waals surface area contributed by atoms with E-state index >= 15 is 0 Å². The third-order valence-electron chi connectivity index (χ3n) is 13.3. The maximum absolute atomic E-state index is 13.1. The van der Waals surface area contributed by atoms with Gasteiger partial charge in [-0.05, 0) is 123 Å². The van der Waals surface area contributed by atoms with Crippen LogP contribution in [-0.4, -0.2) is 48.8 Å². The second kappa shape index (κ2) is 14.2. The van der Waals surface area contributed by atoms with Crippen LogP contribution in [0.25, 0.3) is 0 Å². The number of ether oxygens (including phenoxy) is 1. The number of benzene rings is 1. The van der Waals surface area contributed by atoms with Crippen molar-refractivity contribution in [1.82, 2.24) is 10.6 Å². The molecule has 1 aromatic rings. The smallest absolute Gasteiger partial charge is 0.328 e. The molecule has 4 aliphatic carbocycles. The molecule has 1 amide bonds. The first-order chi connectivity index (χ1) is 21.1. The fourth-order valence-electron chi connectivity index (χ4n) is 10.9. The largest absolute Gasteiger partial charge is 0.467 e. The quantitative estimate of drug-likeness (QED) is 0.182. The number of amides is 1. The fourth-order valence-corrected chi connectivity index (χ4v) is 10.9. The van der Waals surface area contributed by atoms with Crippen LogP contribution in [0, 0.1) is 46.3 Å². The van der Waals surface area contributed by atoms with Crippen LogP contribution in [0.1, 0.15) is 110 Å². The molecule has 4 saturated carbocycles. The second-order valence-electron chi connectivity index (χ2n) is 15.7. The Morgan fingerprint density at radius 2 is 1.75 bits per heavy atom. The minimum absolute atomic E-state index is 0.0759. The number of rotatable bonds is 12. The second-order valence-corrected chi connectivity index (χ2v) is 15.7. The molecule has 44 heavy (non-hydrogen) atoms. The van der Waals surface area contributed by atoms with Gasteiger partial charge in [0.2, 0.25) is 5.91 Å². The lowest BCUT2D eigenvalue weighted by Crippen LogP contribution is -2.59. The molecule has 4 fully saturated rings. The standard InChI is InChI=1S/C38H60N2O4/c1-6-7-21-39-28-17-19-37(3)27(23-28)24-33(41)35-30-15-14-29(38(30,4)20-18-31(35)37)25(2)13-16-34(42)40-32(36(43)44-5)22-26-11-9-8-10-12-26/h8-12,25,27-33,35,39,41H,6-7,13-24H2,1-5H3,(H,40,42)/t25-,27+,28+,29?,30?,31?,32+,33?,35?,37+,38-/m1/s1. The number of carbonyl (C=O) groups excluding carboxylic acids is 2. The van der Waals surface area contributed by atoms with E-state index in [9.17, 15) is 14.7 Å². The zero-order valence-electron chi connectivity index (χ0n) is 28.2. The summed E-state index contributed by atoms with van der Waals surface area (Å²) in [5.41, 5.74) is 1.58. The monoisotopic (exact) mass is 608 g/mol. The summed E-state index contributed by atoms with van der Waals surface area (Å²) >= 11 is 0. The van der Waals surface area contributed by atoms with Crippen LogP contribution in [0.4, 0.5) is 0 Å². The van der Waals surface area contributed by atoms with E-state index in [0.717, 1.165) is 24.9 Å². The highest BCUT2D eigenvalue weighted by Crippen LogP contribution is 2.68. The van der Waals surface area contributed by atoms with Gasteiger partial charge >= 0.3 is 5.97 Å². The summed E-state index contributed by atoms with van der Waals surface area (Å²) in [7, 11) is 1.38. The van der Waals surface area contributed by atoms with Gasteiger partial charge in [0.05, 0.1) is 13.2 Å². The van der Waals surface area contributed by atoms with Crippen LogP contribution >= 0.6 is 0 Å². The number of nitrogens with one attached hydrogen (secondary N) is 2. The highest BCUT2D eigenvalue weighted by molar-refractivity contribution is 5.84. The Kier molecular flexibility index (Phi) is 10.8. The van der Waals surface area contributed by atoms with E-state index in [1.807, 2.05) is 30.3 Å². The van der Waals surface area contributed by atoms with E-state index in [1.54, 1.807) is 0 Å². The highest BCUT2D eigenvalue weighted by atomic mass is 16.5. The molecule has 6 nitrogen and oxygen atoms in total. The van der Waals surface area contributed by atoms with Gasteiger partial charge in [-0.2, -0.15) is 0 Å². The molecule has 5 unspecified atom stereocenters. The molecule has 1 aromatic carbocycles. The molecule has 0 bridgehead atoms. The predicted octanol–water partition coefficient (Wildman–Crippen LogP) is 6.69. The molecule has 0 heterocycles. The minimum Gasteiger partial charge on any atom is -0.467 e. The molecule has 0 saturated heterocycles. The van der Waals surface area contributed by atoms with E-state index in [1.165, 1.54) is 64.9 Å². The summed E-state index contributed by atoms with van der Waals surface area (Å²) in [4.78, 5) is 25.5. The Morgan fingerprint density at radius 1 is 1.02 bits per heavy atom. The van der Waals surface area contributed by atoms with Crippen LogP contribution in [0.15, 0.2) is 30.3 Å². The van der Waals surface area contributed by atoms with Gasteiger partial charge in [-0.25, -0.2) is 4.79 Å². The van der Waals surface area contributed by atoms with Gasteiger partial charge in [0.1, 0.15) is 6.04 Å². The van der Waals surface area contributed by atoms with Crippen LogP contribution < -0.4 is 10.6 Å².